The minimum absolute atomic E-state index is 0.108. The molecular weight excluding hydrogens is 349 g/mol. The second-order valence-electron chi connectivity index (χ2n) is 5.39. The molecule has 0 saturated heterocycles. The van der Waals surface area contributed by atoms with Crippen molar-refractivity contribution in [3.05, 3.63) is 95.6 Å². The third-order valence-electron chi connectivity index (χ3n) is 3.41. The van der Waals surface area contributed by atoms with Crippen molar-refractivity contribution in [2.24, 2.45) is 5.10 Å². The standard InChI is InChI=1S/C20H14FN3O3/c21-16-7-4-6-15(12-16)20(26)27-17-8-3-5-14(11-17)13-23-24-19(25)18-9-1-2-10-22-18/h1-13H,(H,24,25)/b23-13+. The molecule has 0 aliphatic heterocycles. The fraction of sp³-hybridized carbons (Fsp3) is 0. The van der Waals surface area contributed by atoms with Crippen molar-refractivity contribution in [1.82, 2.24) is 10.4 Å². The number of nitrogens with zero attached hydrogens (tertiary/aromatic N) is 2. The Hall–Kier alpha value is -3.87. The molecular formula is C20H14FN3O3. The Bertz CT molecular complexity index is 991. The molecule has 3 aromatic rings. The van der Waals surface area contributed by atoms with Crippen LogP contribution in [0.5, 0.6) is 5.75 Å². The number of ether oxygens (including phenoxy) is 1. The first kappa shape index (κ1) is 17.9. The highest BCUT2D eigenvalue weighted by molar-refractivity contribution is 5.93. The van der Waals surface area contributed by atoms with Gasteiger partial charge in [-0.3, -0.25) is 9.78 Å². The summed E-state index contributed by atoms with van der Waals surface area (Å²) in [5.41, 5.74) is 3.31. The van der Waals surface area contributed by atoms with Crippen LogP contribution in [-0.4, -0.2) is 23.1 Å². The molecule has 1 heterocycles. The minimum Gasteiger partial charge on any atom is -0.423 e. The Labute approximate surface area is 154 Å². The number of benzene rings is 2. The van der Waals surface area contributed by atoms with Gasteiger partial charge in [0.2, 0.25) is 0 Å². The molecule has 0 unspecified atom stereocenters. The van der Waals surface area contributed by atoms with Crippen LogP contribution >= 0.6 is 0 Å². The summed E-state index contributed by atoms with van der Waals surface area (Å²) in [4.78, 5) is 27.8. The van der Waals surface area contributed by atoms with Gasteiger partial charge >= 0.3 is 5.97 Å². The van der Waals surface area contributed by atoms with Crippen LogP contribution < -0.4 is 10.2 Å². The lowest BCUT2D eigenvalue weighted by molar-refractivity contribution is 0.0734. The molecule has 7 heteroatoms. The summed E-state index contributed by atoms with van der Waals surface area (Å²) in [7, 11) is 0. The second-order valence-corrected chi connectivity index (χ2v) is 5.39. The Kier molecular flexibility index (Phi) is 5.64. The monoisotopic (exact) mass is 363 g/mol. The Morgan fingerprint density at radius 3 is 2.67 bits per heavy atom. The molecule has 0 saturated carbocycles. The van der Waals surface area contributed by atoms with Gasteiger partial charge in [-0.25, -0.2) is 14.6 Å². The summed E-state index contributed by atoms with van der Waals surface area (Å²) in [5.74, 6) is -1.37. The first-order valence-electron chi connectivity index (χ1n) is 7.94. The normalized spacial score (nSPS) is 10.6. The highest BCUT2D eigenvalue weighted by Crippen LogP contribution is 2.15. The lowest BCUT2D eigenvalue weighted by Gasteiger charge is -2.05. The number of rotatable bonds is 5. The van der Waals surface area contributed by atoms with Crippen molar-refractivity contribution in [3.63, 3.8) is 0 Å². The molecule has 6 nitrogen and oxygen atoms in total. The quantitative estimate of drug-likeness (QED) is 0.327. The molecule has 1 aromatic heterocycles. The SMILES string of the molecule is O=C(Oc1cccc(/C=N/NC(=O)c2ccccn2)c1)c1cccc(F)c1. The summed E-state index contributed by atoms with van der Waals surface area (Å²) >= 11 is 0. The molecule has 27 heavy (non-hydrogen) atoms. The van der Waals surface area contributed by atoms with Gasteiger partial charge in [0.15, 0.2) is 0 Å². The molecule has 1 amide bonds. The smallest absolute Gasteiger partial charge is 0.343 e. The zero-order valence-corrected chi connectivity index (χ0v) is 14.0. The van der Waals surface area contributed by atoms with Gasteiger partial charge in [0.1, 0.15) is 17.3 Å². The average molecular weight is 363 g/mol. The van der Waals surface area contributed by atoms with Crippen molar-refractivity contribution in [2.45, 2.75) is 0 Å². The number of amides is 1. The Balaban J connectivity index is 1.63. The maximum absolute atomic E-state index is 13.2. The molecule has 134 valence electrons. The van der Waals surface area contributed by atoms with Crippen molar-refractivity contribution >= 4 is 18.1 Å². The van der Waals surface area contributed by atoms with Crippen LogP contribution in [0, 0.1) is 5.82 Å². The largest absolute Gasteiger partial charge is 0.423 e. The number of nitrogens with one attached hydrogen (secondary N) is 1. The molecule has 0 bridgehead atoms. The van der Waals surface area contributed by atoms with E-state index in [-0.39, 0.29) is 17.0 Å². The van der Waals surface area contributed by atoms with Gasteiger partial charge < -0.3 is 4.74 Å². The van der Waals surface area contributed by atoms with Gasteiger partial charge in [0, 0.05) is 6.20 Å². The van der Waals surface area contributed by atoms with Crippen LogP contribution in [0.3, 0.4) is 0 Å². The summed E-state index contributed by atoms with van der Waals surface area (Å²) in [6, 6.07) is 16.7. The zero-order chi connectivity index (χ0) is 19.1. The third kappa shape index (κ3) is 5.05. The first-order chi connectivity index (χ1) is 13.1. The Morgan fingerprint density at radius 2 is 1.89 bits per heavy atom. The number of carbonyl (C=O) groups is 2. The van der Waals surface area contributed by atoms with E-state index in [4.69, 9.17) is 4.74 Å². The first-order valence-corrected chi connectivity index (χ1v) is 7.94. The number of pyridine rings is 1. The van der Waals surface area contributed by atoms with Gasteiger partial charge in [0.05, 0.1) is 11.8 Å². The van der Waals surface area contributed by atoms with E-state index in [1.165, 1.54) is 30.6 Å². The van der Waals surface area contributed by atoms with Gasteiger partial charge in [-0.1, -0.05) is 24.3 Å². The Morgan fingerprint density at radius 1 is 1.04 bits per heavy atom. The number of hydrazone groups is 1. The molecule has 0 aliphatic carbocycles. The van der Waals surface area contributed by atoms with Crippen LogP contribution in [0.25, 0.3) is 0 Å². The molecule has 1 N–H and O–H groups in total. The third-order valence-corrected chi connectivity index (χ3v) is 3.41. The van der Waals surface area contributed by atoms with Crippen molar-refractivity contribution < 1.29 is 18.7 Å². The maximum atomic E-state index is 13.2. The predicted octanol–water partition coefficient (Wildman–Crippen LogP) is 3.20. The van der Waals surface area contributed by atoms with E-state index in [0.29, 0.717) is 5.56 Å². The van der Waals surface area contributed by atoms with E-state index in [1.54, 1.807) is 42.5 Å². The van der Waals surface area contributed by atoms with Crippen molar-refractivity contribution in [2.75, 3.05) is 0 Å². The average Bonchev–Trinajstić information content (AvgIpc) is 2.69. The number of aromatic nitrogens is 1. The number of esters is 1. The lowest BCUT2D eigenvalue weighted by atomic mass is 10.2. The lowest BCUT2D eigenvalue weighted by Crippen LogP contribution is -2.18. The van der Waals surface area contributed by atoms with E-state index in [1.807, 2.05) is 0 Å². The predicted molar refractivity (Wildman–Crippen MR) is 97.1 cm³/mol. The molecule has 3 rings (SSSR count). The van der Waals surface area contributed by atoms with Crippen LogP contribution in [0.2, 0.25) is 0 Å². The summed E-state index contributed by atoms with van der Waals surface area (Å²) in [5, 5.41) is 3.85. The van der Waals surface area contributed by atoms with Crippen molar-refractivity contribution in [1.29, 1.82) is 0 Å². The molecule has 0 radical (unpaired) electrons. The van der Waals surface area contributed by atoms with E-state index >= 15 is 0 Å². The zero-order valence-electron chi connectivity index (χ0n) is 14.0. The molecule has 2 aromatic carbocycles. The highest BCUT2D eigenvalue weighted by atomic mass is 19.1. The summed E-state index contributed by atoms with van der Waals surface area (Å²) < 4.78 is 18.4. The van der Waals surface area contributed by atoms with E-state index < -0.39 is 17.7 Å². The minimum atomic E-state index is -0.674. The van der Waals surface area contributed by atoms with E-state index in [9.17, 15) is 14.0 Å². The van der Waals surface area contributed by atoms with Gasteiger partial charge in [-0.15, -0.1) is 0 Å². The number of hydrogen-bond acceptors (Lipinski definition) is 5. The highest BCUT2D eigenvalue weighted by Gasteiger charge is 2.09. The van der Waals surface area contributed by atoms with Crippen LogP contribution in [0.1, 0.15) is 26.4 Å². The van der Waals surface area contributed by atoms with Gasteiger partial charge in [-0.05, 0) is 48.0 Å². The second kappa shape index (κ2) is 8.48. The topological polar surface area (TPSA) is 80.6 Å². The fourth-order valence-electron chi connectivity index (χ4n) is 2.16. The van der Waals surface area contributed by atoms with E-state index in [2.05, 4.69) is 15.5 Å². The molecule has 0 fully saturated rings. The maximum Gasteiger partial charge on any atom is 0.343 e. The van der Waals surface area contributed by atoms with Gasteiger partial charge in [0.25, 0.3) is 5.91 Å². The summed E-state index contributed by atoms with van der Waals surface area (Å²) in [6.45, 7) is 0. The number of carbonyl (C=O) groups excluding carboxylic acids is 2. The van der Waals surface area contributed by atoms with Crippen LogP contribution in [0.15, 0.2) is 78.0 Å². The summed E-state index contributed by atoms with van der Waals surface area (Å²) in [6.07, 6.45) is 2.91. The van der Waals surface area contributed by atoms with Gasteiger partial charge in [-0.2, -0.15) is 5.10 Å². The number of hydrogen-bond donors (Lipinski definition) is 1. The molecule has 0 aliphatic rings. The molecule has 0 atom stereocenters. The number of halogens is 1. The molecule has 0 spiro atoms. The van der Waals surface area contributed by atoms with E-state index in [0.717, 1.165) is 6.07 Å². The van der Waals surface area contributed by atoms with Crippen LogP contribution in [-0.2, 0) is 0 Å². The van der Waals surface area contributed by atoms with Crippen molar-refractivity contribution in [3.8, 4) is 5.75 Å². The fourth-order valence-corrected chi connectivity index (χ4v) is 2.16. The van der Waals surface area contributed by atoms with Crippen LogP contribution in [0.4, 0.5) is 4.39 Å².